The first kappa shape index (κ1) is 26.0. The molecule has 2 heterocycles. The second kappa shape index (κ2) is 9.70. The van der Waals surface area contributed by atoms with Gasteiger partial charge in [-0.05, 0) is 12.8 Å². The number of phosphoric acid groups is 3. The molecule has 0 radical (unpaired) electrons. The quantitative estimate of drug-likeness (QED) is 0.159. The highest BCUT2D eigenvalue weighted by Gasteiger charge is 2.47. The molecule has 1 fully saturated rings. The zero-order valence-corrected chi connectivity index (χ0v) is 18.0. The molecule has 0 amide bonds. The van der Waals surface area contributed by atoms with Crippen LogP contribution in [0.3, 0.4) is 0 Å². The van der Waals surface area contributed by atoms with E-state index in [1.807, 2.05) is 0 Å². The Balaban J connectivity index is 2.12. The van der Waals surface area contributed by atoms with E-state index in [-0.39, 0.29) is 11.3 Å². The van der Waals surface area contributed by atoms with E-state index >= 15 is 0 Å². The second-order valence-corrected chi connectivity index (χ2v) is 10.3. The molecule has 0 spiro atoms. The highest BCUT2D eigenvalue weighted by Crippen LogP contribution is 2.66. The van der Waals surface area contributed by atoms with Crippen molar-refractivity contribution in [1.29, 1.82) is 0 Å². The molecule has 1 aromatic heterocycles. The van der Waals surface area contributed by atoms with Crippen LogP contribution in [-0.4, -0.2) is 64.7 Å². The summed E-state index contributed by atoms with van der Waals surface area (Å²) in [4.78, 5) is 52.7. The zero-order valence-electron chi connectivity index (χ0n) is 15.3. The van der Waals surface area contributed by atoms with Gasteiger partial charge in [0.05, 0.1) is 6.61 Å². The van der Waals surface area contributed by atoms with Crippen molar-refractivity contribution in [2.24, 2.45) is 0 Å². The maximum absolute atomic E-state index is 11.8. The van der Waals surface area contributed by atoms with Crippen LogP contribution in [0.5, 0.6) is 0 Å². The van der Waals surface area contributed by atoms with E-state index in [0.717, 1.165) is 6.20 Å². The predicted molar refractivity (Wildman–Crippen MR) is 96.9 cm³/mol. The molecule has 6 atom stereocenters. The Morgan fingerprint density at radius 3 is 2.35 bits per heavy atom. The van der Waals surface area contributed by atoms with E-state index < -0.39 is 60.2 Å². The normalized spacial score (nSPS) is 27.7. The van der Waals surface area contributed by atoms with Gasteiger partial charge in [0.15, 0.2) is 0 Å². The molecule has 0 aliphatic carbocycles. The summed E-state index contributed by atoms with van der Waals surface area (Å²) in [6.45, 7) is 0.485. The molecule has 1 aromatic rings. The molecule has 19 heteroatoms. The van der Waals surface area contributed by atoms with Crippen LogP contribution in [0, 0.1) is 11.8 Å². The maximum Gasteiger partial charge on any atom is 0.490 e. The van der Waals surface area contributed by atoms with E-state index in [1.54, 1.807) is 0 Å². The zero-order chi connectivity index (χ0) is 23.6. The number of aliphatic hydroxyl groups is 2. The summed E-state index contributed by atoms with van der Waals surface area (Å²) in [5, 5.41) is 20.4. The lowest BCUT2D eigenvalue weighted by Crippen LogP contribution is -2.33. The van der Waals surface area contributed by atoms with Crippen molar-refractivity contribution in [3.05, 3.63) is 27.9 Å². The third-order valence-electron chi connectivity index (χ3n) is 3.58. The Labute approximate surface area is 173 Å². The predicted octanol–water partition coefficient (Wildman–Crippen LogP) is -1.35. The van der Waals surface area contributed by atoms with E-state index in [1.165, 1.54) is 6.92 Å². The number of phosphoric ester groups is 1. The van der Waals surface area contributed by atoms with Gasteiger partial charge in [-0.15, -0.1) is 0 Å². The third kappa shape index (κ3) is 7.38. The van der Waals surface area contributed by atoms with Crippen LogP contribution in [0.4, 0.5) is 0 Å². The Hall–Kier alpha value is -1.27. The molecule has 0 saturated carbocycles. The second-order valence-electron chi connectivity index (χ2n) is 5.86. The van der Waals surface area contributed by atoms with Crippen molar-refractivity contribution < 1.29 is 61.4 Å². The molecule has 3 unspecified atom stereocenters. The topological polar surface area (TPSA) is 255 Å². The fraction of sp³-hybridized carbons (Fsp3) is 0.500. The van der Waals surface area contributed by atoms with Crippen LogP contribution in [0.1, 0.15) is 24.3 Å². The summed E-state index contributed by atoms with van der Waals surface area (Å²) in [6, 6.07) is 0. The molecule has 174 valence electrons. The standard InChI is InChI=1S/C12H17N2O14P3/c1-2-3-7-6(4-13-12(17)14-7)11-10(16)9(15)8(26-11)5-25-30(21,22)28-31(23,24)27-29(18,19)20/h4,8-11,15-16H,5H2,1H3,(H,21,22)(H,23,24)(H,13,14,17)(H2,18,19,20)/t8-,9?,10+,11+/m1/s1. The van der Waals surface area contributed by atoms with Gasteiger partial charge in [0.2, 0.25) is 0 Å². The molecule has 2 rings (SSSR count). The minimum atomic E-state index is -5.71. The summed E-state index contributed by atoms with van der Waals surface area (Å²) in [5.74, 6) is 5.07. The minimum Gasteiger partial charge on any atom is -0.387 e. The number of ether oxygens (including phenoxy) is 1. The first-order chi connectivity index (χ1) is 14.1. The van der Waals surface area contributed by atoms with Gasteiger partial charge in [0.1, 0.15) is 30.1 Å². The number of hydrogen-bond donors (Lipinski definition) is 7. The molecule has 31 heavy (non-hydrogen) atoms. The lowest BCUT2D eigenvalue weighted by molar-refractivity contribution is -0.0225. The van der Waals surface area contributed by atoms with Crippen LogP contribution in [0.15, 0.2) is 11.0 Å². The number of rotatable bonds is 8. The highest BCUT2D eigenvalue weighted by atomic mass is 31.3. The number of nitrogens with zero attached hydrogens (tertiary/aromatic N) is 1. The van der Waals surface area contributed by atoms with Crippen LogP contribution in [0.2, 0.25) is 0 Å². The molecule has 1 saturated heterocycles. The summed E-state index contributed by atoms with van der Waals surface area (Å²) >= 11 is 0. The van der Waals surface area contributed by atoms with Crippen molar-refractivity contribution in [2.45, 2.75) is 31.3 Å². The first-order valence-electron chi connectivity index (χ1n) is 7.96. The Bertz CT molecular complexity index is 1070. The van der Waals surface area contributed by atoms with Gasteiger partial charge in [0, 0.05) is 11.8 Å². The summed E-state index contributed by atoms with van der Waals surface area (Å²) in [5.41, 5.74) is -0.618. The fourth-order valence-corrected chi connectivity index (χ4v) is 5.49. The molecular weight excluding hydrogens is 489 g/mol. The maximum atomic E-state index is 11.8. The molecule has 1 aliphatic rings. The monoisotopic (exact) mass is 506 g/mol. The number of aromatic nitrogens is 2. The van der Waals surface area contributed by atoms with E-state index in [9.17, 15) is 33.6 Å². The summed E-state index contributed by atoms with van der Waals surface area (Å²) < 4.78 is 50.5. The van der Waals surface area contributed by atoms with Gasteiger partial charge in [-0.1, -0.05) is 5.92 Å². The first-order valence-corrected chi connectivity index (χ1v) is 12.5. The number of aliphatic hydroxyl groups excluding tert-OH is 2. The van der Waals surface area contributed by atoms with E-state index in [4.69, 9.17) is 19.4 Å². The molecule has 0 bridgehead atoms. The smallest absolute Gasteiger partial charge is 0.387 e. The van der Waals surface area contributed by atoms with Crippen LogP contribution >= 0.6 is 23.5 Å². The van der Waals surface area contributed by atoms with Crippen molar-refractivity contribution >= 4 is 23.5 Å². The lowest BCUT2D eigenvalue weighted by Gasteiger charge is -2.19. The number of aromatic amines is 1. The van der Waals surface area contributed by atoms with Crippen LogP contribution in [0.25, 0.3) is 0 Å². The Kier molecular flexibility index (Phi) is 8.13. The van der Waals surface area contributed by atoms with Crippen molar-refractivity contribution in [3.63, 3.8) is 0 Å². The lowest BCUT2D eigenvalue weighted by atomic mass is 10.0. The summed E-state index contributed by atoms with van der Waals surface area (Å²) in [6.07, 6.45) is -5.07. The molecule has 7 N–H and O–H groups in total. The van der Waals surface area contributed by atoms with E-state index in [0.29, 0.717) is 0 Å². The Morgan fingerprint density at radius 1 is 1.13 bits per heavy atom. The summed E-state index contributed by atoms with van der Waals surface area (Å²) in [7, 11) is -16.7. The number of H-pyrrole nitrogens is 1. The van der Waals surface area contributed by atoms with E-state index in [2.05, 4.69) is 35.0 Å². The molecule has 16 nitrogen and oxygen atoms in total. The van der Waals surface area contributed by atoms with Crippen LogP contribution < -0.4 is 5.69 Å². The van der Waals surface area contributed by atoms with Gasteiger partial charge in [-0.3, -0.25) is 9.51 Å². The number of hydrogen-bond acceptors (Lipinski definition) is 11. The minimum absolute atomic E-state index is 0.0345. The van der Waals surface area contributed by atoms with Crippen molar-refractivity contribution in [3.8, 4) is 11.8 Å². The van der Waals surface area contributed by atoms with Gasteiger partial charge in [0.25, 0.3) is 0 Å². The SMILES string of the molecule is CC#Cc1[nH]c(=O)ncc1[C@@H]1O[C@H](COP(=O)(O)OP(=O)(O)OP(=O)(O)O)C(O)[C@@H]1O. The molecular formula is C12H17N2O14P3. The van der Waals surface area contributed by atoms with Crippen molar-refractivity contribution in [2.75, 3.05) is 6.61 Å². The highest BCUT2D eigenvalue weighted by molar-refractivity contribution is 7.66. The van der Waals surface area contributed by atoms with Gasteiger partial charge < -0.3 is 34.5 Å². The van der Waals surface area contributed by atoms with Crippen molar-refractivity contribution in [1.82, 2.24) is 9.97 Å². The van der Waals surface area contributed by atoms with Crippen LogP contribution in [-0.2, 0) is 31.6 Å². The van der Waals surface area contributed by atoms with Gasteiger partial charge >= 0.3 is 29.2 Å². The average molecular weight is 506 g/mol. The third-order valence-corrected chi connectivity index (χ3v) is 7.38. The fourth-order valence-electron chi connectivity index (χ4n) is 2.46. The molecule has 1 aliphatic heterocycles. The largest absolute Gasteiger partial charge is 0.490 e. The molecule has 0 aromatic carbocycles. The number of nitrogens with one attached hydrogen (secondary N) is 1. The average Bonchev–Trinajstić information content (AvgIpc) is 2.86. The van der Waals surface area contributed by atoms with Gasteiger partial charge in [-0.2, -0.15) is 8.62 Å². The van der Waals surface area contributed by atoms with Gasteiger partial charge in [-0.25, -0.2) is 23.5 Å². The Morgan fingerprint density at radius 2 is 1.77 bits per heavy atom.